The Bertz CT molecular complexity index is 546. The Kier molecular flexibility index (Phi) is 5.63. The lowest BCUT2D eigenvalue weighted by Gasteiger charge is -2.36. The van der Waals surface area contributed by atoms with Crippen LogP contribution in [-0.2, 0) is 24.2 Å². The number of methoxy groups -OCH3 is 1. The van der Waals surface area contributed by atoms with Gasteiger partial charge in [-0.05, 0) is 65.5 Å². The lowest BCUT2D eigenvalue weighted by molar-refractivity contribution is -0.0272. The van der Waals surface area contributed by atoms with Crippen LogP contribution >= 0.6 is 0 Å². The molecule has 1 aromatic heterocycles. The van der Waals surface area contributed by atoms with Crippen molar-refractivity contribution >= 4 is 0 Å². The highest BCUT2D eigenvalue weighted by Gasteiger charge is 2.35. The van der Waals surface area contributed by atoms with E-state index in [1.54, 1.807) is 5.56 Å². The van der Waals surface area contributed by atoms with Crippen molar-refractivity contribution in [3.8, 4) is 0 Å². The molecule has 0 atom stereocenters. The number of fused-ring (bicyclic) bond motifs is 1. The van der Waals surface area contributed by atoms with Gasteiger partial charge in [-0.15, -0.1) is 0 Å². The molecule has 1 aliphatic carbocycles. The zero-order valence-electron chi connectivity index (χ0n) is 15.9. The highest BCUT2D eigenvalue weighted by molar-refractivity contribution is 5.33. The second-order valence-electron chi connectivity index (χ2n) is 7.90. The van der Waals surface area contributed by atoms with Crippen LogP contribution in [0.4, 0.5) is 0 Å². The lowest BCUT2D eigenvalue weighted by Crippen LogP contribution is -2.32. The molecule has 2 heterocycles. The third-order valence-corrected chi connectivity index (χ3v) is 6.07. The van der Waals surface area contributed by atoms with Crippen LogP contribution in [-0.4, -0.2) is 54.6 Å². The first kappa shape index (κ1) is 17.9. The monoisotopic (exact) mass is 334 g/mol. The van der Waals surface area contributed by atoms with Crippen LogP contribution in [0.3, 0.4) is 0 Å². The summed E-state index contributed by atoms with van der Waals surface area (Å²) in [7, 11) is 6.08. The summed E-state index contributed by atoms with van der Waals surface area (Å²) in [6.07, 6.45) is 7.25. The van der Waals surface area contributed by atoms with E-state index in [1.165, 1.54) is 37.1 Å². The van der Waals surface area contributed by atoms with Gasteiger partial charge in [-0.1, -0.05) is 0 Å². The highest BCUT2D eigenvalue weighted by Crippen LogP contribution is 2.42. The minimum Gasteiger partial charge on any atom is -0.379 e. The fraction of sp³-hybridized carbons (Fsp3) is 0.842. The molecule has 5 heteroatoms. The second-order valence-corrected chi connectivity index (χ2v) is 7.90. The Labute approximate surface area is 146 Å². The van der Waals surface area contributed by atoms with E-state index in [2.05, 4.69) is 28.9 Å². The zero-order valence-corrected chi connectivity index (χ0v) is 15.9. The maximum Gasteiger partial charge on any atom is 0.0802 e. The minimum absolute atomic E-state index is 0.0799. The van der Waals surface area contributed by atoms with Crippen LogP contribution in [0, 0.1) is 0 Å². The van der Waals surface area contributed by atoms with E-state index >= 15 is 0 Å². The Morgan fingerprint density at radius 1 is 1.38 bits per heavy atom. The van der Waals surface area contributed by atoms with E-state index in [1.807, 2.05) is 14.2 Å². The number of nitrogens with zero attached hydrogens (tertiary/aromatic N) is 3. The molecule has 24 heavy (non-hydrogen) atoms. The fourth-order valence-electron chi connectivity index (χ4n) is 4.36. The number of ether oxygens (including phenoxy) is 1. The molecule has 0 amide bonds. The molecule has 0 unspecified atom stereocenters. The average Bonchev–Trinajstić information content (AvgIpc) is 3.15. The van der Waals surface area contributed by atoms with E-state index in [9.17, 15) is 0 Å². The third-order valence-electron chi connectivity index (χ3n) is 6.07. The van der Waals surface area contributed by atoms with Gasteiger partial charge < -0.3 is 10.1 Å². The number of aryl methyl sites for hydroxylation is 1. The molecule has 136 valence electrons. The topological polar surface area (TPSA) is 42.3 Å². The van der Waals surface area contributed by atoms with Crippen LogP contribution in [0.1, 0.15) is 61.9 Å². The van der Waals surface area contributed by atoms with Crippen molar-refractivity contribution in [1.82, 2.24) is 20.0 Å². The van der Waals surface area contributed by atoms with Gasteiger partial charge in [0.25, 0.3) is 0 Å². The molecule has 2 aliphatic rings. The number of rotatable bonds is 7. The van der Waals surface area contributed by atoms with Crippen LogP contribution in [0.15, 0.2) is 0 Å². The maximum atomic E-state index is 5.74. The Morgan fingerprint density at radius 3 is 2.79 bits per heavy atom. The molecule has 0 radical (unpaired) electrons. The van der Waals surface area contributed by atoms with Crippen LogP contribution < -0.4 is 5.32 Å². The summed E-state index contributed by atoms with van der Waals surface area (Å²) in [6.45, 7) is 6.41. The van der Waals surface area contributed by atoms with Gasteiger partial charge >= 0.3 is 0 Å². The normalized spacial score (nSPS) is 27.0. The molecule has 0 aromatic carbocycles. The Balaban J connectivity index is 1.76. The van der Waals surface area contributed by atoms with Crippen LogP contribution in [0.25, 0.3) is 0 Å². The summed E-state index contributed by atoms with van der Waals surface area (Å²) in [6, 6.07) is 0. The number of likely N-dealkylation sites (N-methyl/N-ethyl adjacent to an activating group) is 2. The van der Waals surface area contributed by atoms with E-state index in [0.29, 0.717) is 5.92 Å². The molecule has 0 spiro atoms. The number of nitrogens with one attached hydrogen (secondary N) is 1. The average molecular weight is 335 g/mol. The van der Waals surface area contributed by atoms with Crippen molar-refractivity contribution in [2.45, 2.75) is 70.1 Å². The van der Waals surface area contributed by atoms with Crippen molar-refractivity contribution < 1.29 is 4.74 Å². The Morgan fingerprint density at radius 2 is 2.12 bits per heavy atom. The SMILES string of the molecule is CNCCN(C)Cc1nn2c(c1C1CCC(C)(OC)CC1)CCC2. The molecular formula is C19H34N4O. The van der Waals surface area contributed by atoms with Crippen molar-refractivity contribution in [1.29, 1.82) is 0 Å². The van der Waals surface area contributed by atoms with Crippen LogP contribution in [0.2, 0.25) is 0 Å². The molecule has 0 bridgehead atoms. The summed E-state index contributed by atoms with van der Waals surface area (Å²) >= 11 is 0. The first-order chi connectivity index (χ1) is 11.6. The maximum absolute atomic E-state index is 5.74. The van der Waals surface area contributed by atoms with Gasteiger partial charge in [0.15, 0.2) is 0 Å². The van der Waals surface area contributed by atoms with Crippen molar-refractivity contribution in [2.24, 2.45) is 0 Å². The van der Waals surface area contributed by atoms with Gasteiger partial charge in [-0.25, -0.2) is 0 Å². The fourth-order valence-corrected chi connectivity index (χ4v) is 4.36. The van der Waals surface area contributed by atoms with E-state index in [-0.39, 0.29) is 5.60 Å². The standard InChI is InChI=1S/C19H34N4O/c1-19(24-4)9-7-15(8-10-19)18-16(14-22(3)13-11-20-2)21-23-12-5-6-17(18)23/h15,20H,5-14H2,1-4H3. The molecule has 0 saturated heterocycles. The van der Waals surface area contributed by atoms with E-state index in [0.717, 1.165) is 39.0 Å². The molecule has 1 aromatic rings. The van der Waals surface area contributed by atoms with Crippen molar-refractivity contribution in [3.63, 3.8) is 0 Å². The predicted molar refractivity (Wildman–Crippen MR) is 97.4 cm³/mol. The quantitative estimate of drug-likeness (QED) is 0.832. The number of aromatic nitrogens is 2. The summed E-state index contributed by atoms with van der Waals surface area (Å²) in [5.41, 5.74) is 4.52. The third kappa shape index (κ3) is 3.68. The van der Waals surface area contributed by atoms with E-state index < -0.39 is 0 Å². The molecule has 5 nitrogen and oxygen atoms in total. The molecule has 1 fully saturated rings. The van der Waals surface area contributed by atoms with Crippen LogP contribution in [0.5, 0.6) is 0 Å². The first-order valence-corrected chi connectivity index (χ1v) is 9.53. The summed E-state index contributed by atoms with van der Waals surface area (Å²) in [5.74, 6) is 0.669. The highest BCUT2D eigenvalue weighted by atomic mass is 16.5. The molecule has 1 saturated carbocycles. The lowest BCUT2D eigenvalue weighted by atomic mass is 9.76. The van der Waals surface area contributed by atoms with Gasteiger partial charge in [0.1, 0.15) is 0 Å². The summed E-state index contributed by atoms with van der Waals surface area (Å²) in [5, 5.41) is 8.23. The number of hydrogen-bond acceptors (Lipinski definition) is 4. The number of hydrogen-bond donors (Lipinski definition) is 1. The smallest absolute Gasteiger partial charge is 0.0802 e. The predicted octanol–water partition coefficient (Wildman–Crippen LogP) is 2.54. The first-order valence-electron chi connectivity index (χ1n) is 9.53. The van der Waals surface area contributed by atoms with Gasteiger partial charge in [-0.3, -0.25) is 9.58 Å². The molecule has 1 aliphatic heterocycles. The molecule has 3 rings (SSSR count). The molecule has 1 N–H and O–H groups in total. The largest absolute Gasteiger partial charge is 0.379 e. The van der Waals surface area contributed by atoms with E-state index in [4.69, 9.17) is 9.84 Å². The zero-order chi connectivity index (χ0) is 17.2. The van der Waals surface area contributed by atoms with Crippen molar-refractivity contribution in [2.75, 3.05) is 34.3 Å². The summed E-state index contributed by atoms with van der Waals surface area (Å²) < 4.78 is 8.03. The minimum atomic E-state index is 0.0799. The summed E-state index contributed by atoms with van der Waals surface area (Å²) in [4.78, 5) is 2.39. The van der Waals surface area contributed by atoms with Gasteiger partial charge in [0.05, 0.1) is 11.3 Å². The van der Waals surface area contributed by atoms with Gasteiger partial charge in [-0.2, -0.15) is 5.10 Å². The second kappa shape index (κ2) is 7.54. The van der Waals surface area contributed by atoms with Crippen molar-refractivity contribution in [3.05, 3.63) is 17.0 Å². The van der Waals surface area contributed by atoms with Gasteiger partial charge in [0.2, 0.25) is 0 Å². The molecular weight excluding hydrogens is 300 g/mol. The Hall–Kier alpha value is -0.910. The van der Waals surface area contributed by atoms with Gasteiger partial charge in [0, 0.05) is 44.5 Å².